The Morgan fingerprint density at radius 3 is 2.78 bits per heavy atom. The van der Waals surface area contributed by atoms with Crippen molar-refractivity contribution in [2.75, 3.05) is 6.54 Å². The first-order valence-electron chi connectivity index (χ1n) is 9.10. The van der Waals surface area contributed by atoms with Crippen molar-refractivity contribution in [1.29, 1.82) is 0 Å². The summed E-state index contributed by atoms with van der Waals surface area (Å²) in [5, 5.41) is 4.30. The number of nitrogens with zero attached hydrogens (tertiary/aromatic N) is 3. The van der Waals surface area contributed by atoms with Gasteiger partial charge in [0, 0.05) is 34.8 Å². The SMILES string of the molecule is CCCN1C(=S)N[C@H](c2ccccn2)[C@@H]1c1cccn1-c1cccc(Br)c1. The minimum absolute atomic E-state index is 0.0195. The van der Waals surface area contributed by atoms with Crippen LogP contribution in [0.2, 0.25) is 0 Å². The summed E-state index contributed by atoms with van der Waals surface area (Å²) in [5.41, 5.74) is 3.33. The number of pyridine rings is 1. The van der Waals surface area contributed by atoms with E-state index in [1.54, 1.807) is 0 Å². The normalized spacial score (nSPS) is 19.3. The molecule has 2 aromatic heterocycles. The fourth-order valence-corrected chi connectivity index (χ4v) is 4.42. The summed E-state index contributed by atoms with van der Waals surface area (Å²) in [7, 11) is 0. The fraction of sp³-hybridized carbons (Fsp3) is 0.238. The van der Waals surface area contributed by atoms with Gasteiger partial charge in [0.05, 0.1) is 17.8 Å². The molecule has 2 atom stereocenters. The lowest BCUT2D eigenvalue weighted by Crippen LogP contribution is -2.31. The van der Waals surface area contributed by atoms with E-state index >= 15 is 0 Å². The molecule has 0 unspecified atom stereocenters. The molecule has 1 N–H and O–H groups in total. The Morgan fingerprint density at radius 1 is 1.15 bits per heavy atom. The van der Waals surface area contributed by atoms with E-state index in [2.05, 4.69) is 85.2 Å². The number of rotatable bonds is 5. The number of aromatic nitrogens is 2. The predicted molar refractivity (Wildman–Crippen MR) is 116 cm³/mol. The molecule has 0 saturated carbocycles. The van der Waals surface area contributed by atoms with Crippen LogP contribution in [0.3, 0.4) is 0 Å². The first kappa shape index (κ1) is 18.2. The highest BCUT2D eigenvalue weighted by molar-refractivity contribution is 9.10. The van der Waals surface area contributed by atoms with Crippen LogP contribution in [0.15, 0.2) is 71.5 Å². The molecule has 1 fully saturated rings. The first-order chi connectivity index (χ1) is 13.2. The number of benzene rings is 1. The third-order valence-corrected chi connectivity index (χ3v) is 5.68. The number of hydrogen-bond donors (Lipinski definition) is 1. The van der Waals surface area contributed by atoms with Gasteiger partial charge < -0.3 is 14.8 Å². The van der Waals surface area contributed by atoms with Crippen LogP contribution in [0.4, 0.5) is 0 Å². The van der Waals surface area contributed by atoms with Gasteiger partial charge >= 0.3 is 0 Å². The molecular formula is C21H21BrN4S. The smallest absolute Gasteiger partial charge is 0.170 e. The summed E-state index contributed by atoms with van der Waals surface area (Å²) >= 11 is 9.27. The van der Waals surface area contributed by atoms with Crippen molar-refractivity contribution in [1.82, 2.24) is 19.8 Å². The van der Waals surface area contributed by atoms with Gasteiger partial charge in [-0.2, -0.15) is 0 Å². The monoisotopic (exact) mass is 440 g/mol. The minimum atomic E-state index is 0.0195. The van der Waals surface area contributed by atoms with Crippen LogP contribution in [0, 0.1) is 0 Å². The van der Waals surface area contributed by atoms with Gasteiger partial charge in [0.2, 0.25) is 0 Å². The maximum Gasteiger partial charge on any atom is 0.170 e. The van der Waals surface area contributed by atoms with E-state index in [1.807, 2.05) is 24.4 Å². The van der Waals surface area contributed by atoms with Crippen LogP contribution in [-0.4, -0.2) is 26.1 Å². The predicted octanol–water partition coefficient (Wildman–Crippen LogP) is 5.02. The molecule has 4 rings (SSSR count). The molecule has 3 aromatic rings. The van der Waals surface area contributed by atoms with Crippen LogP contribution >= 0.6 is 28.1 Å². The minimum Gasteiger partial charge on any atom is -0.352 e. The van der Waals surface area contributed by atoms with Crippen LogP contribution in [-0.2, 0) is 0 Å². The van der Waals surface area contributed by atoms with Gasteiger partial charge in [-0.3, -0.25) is 4.98 Å². The Morgan fingerprint density at radius 2 is 2.04 bits per heavy atom. The number of hydrogen-bond acceptors (Lipinski definition) is 2. The van der Waals surface area contributed by atoms with Crippen molar-refractivity contribution < 1.29 is 0 Å². The molecule has 0 amide bonds. The molecule has 27 heavy (non-hydrogen) atoms. The summed E-state index contributed by atoms with van der Waals surface area (Å²) in [6.45, 7) is 3.09. The van der Waals surface area contributed by atoms with E-state index in [1.165, 1.54) is 5.69 Å². The summed E-state index contributed by atoms with van der Waals surface area (Å²) < 4.78 is 3.30. The third-order valence-electron chi connectivity index (χ3n) is 4.83. The standard InChI is InChI=1S/C21H21BrN4S/c1-2-12-26-20(19(24-21(26)27)17-9-3-4-11-23-17)18-10-6-13-25(18)16-8-5-7-15(22)14-16/h3-11,13-14,19-20H,2,12H2,1H3,(H,24,27)/t19-,20+/m1/s1. The van der Waals surface area contributed by atoms with E-state index < -0.39 is 0 Å². The molecule has 1 aliphatic heterocycles. The third kappa shape index (κ3) is 3.51. The topological polar surface area (TPSA) is 33.1 Å². The zero-order valence-electron chi connectivity index (χ0n) is 15.0. The Kier molecular flexibility index (Phi) is 5.27. The second-order valence-electron chi connectivity index (χ2n) is 6.60. The van der Waals surface area contributed by atoms with Crippen molar-refractivity contribution in [3.05, 3.63) is 82.9 Å². The first-order valence-corrected chi connectivity index (χ1v) is 10.3. The van der Waals surface area contributed by atoms with Crippen molar-refractivity contribution >= 4 is 33.3 Å². The maximum absolute atomic E-state index is 5.69. The number of nitrogens with one attached hydrogen (secondary N) is 1. The van der Waals surface area contributed by atoms with Crippen molar-refractivity contribution in [2.45, 2.75) is 25.4 Å². The van der Waals surface area contributed by atoms with Crippen molar-refractivity contribution in [2.24, 2.45) is 0 Å². The van der Waals surface area contributed by atoms with Crippen molar-refractivity contribution in [3.8, 4) is 5.69 Å². The average molecular weight is 441 g/mol. The molecule has 3 heterocycles. The van der Waals surface area contributed by atoms with Gasteiger partial charge in [0.25, 0.3) is 0 Å². The Balaban J connectivity index is 1.81. The van der Waals surface area contributed by atoms with Gasteiger partial charge in [0.15, 0.2) is 5.11 Å². The quantitative estimate of drug-likeness (QED) is 0.564. The summed E-state index contributed by atoms with van der Waals surface area (Å²) in [6, 6.07) is 18.8. The van der Waals surface area contributed by atoms with Crippen LogP contribution in [0.1, 0.15) is 36.8 Å². The van der Waals surface area contributed by atoms with E-state index in [9.17, 15) is 0 Å². The van der Waals surface area contributed by atoms with Gasteiger partial charge in [-0.1, -0.05) is 35.0 Å². The second-order valence-corrected chi connectivity index (χ2v) is 7.91. The molecule has 1 aliphatic rings. The Hall–Kier alpha value is -2.18. The van der Waals surface area contributed by atoms with E-state index in [0.29, 0.717) is 0 Å². The highest BCUT2D eigenvalue weighted by Gasteiger charge is 2.40. The van der Waals surface area contributed by atoms with E-state index in [-0.39, 0.29) is 12.1 Å². The molecule has 138 valence electrons. The Labute approximate surface area is 173 Å². The summed E-state index contributed by atoms with van der Waals surface area (Å²) in [5.74, 6) is 0. The van der Waals surface area contributed by atoms with Gasteiger partial charge in [-0.15, -0.1) is 0 Å². The largest absolute Gasteiger partial charge is 0.352 e. The van der Waals surface area contributed by atoms with Gasteiger partial charge in [-0.25, -0.2) is 0 Å². The molecule has 0 spiro atoms. The van der Waals surface area contributed by atoms with Crippen LogP contribution in [0.25, 0.3) is 5.69 Å². The summed E-state index contributed by atoms with van der Waals surface area (Å²) in [6.07, 6.45) is 4.98. The number of halogens is 1. The lowest BCUT2D eigenvalue weighted by atomic mass is 10.0. The molecular weight excluding hydrogens is 420 g/mol. The molecule has 6 heteroatoms. The molecule has 0 radical (unpaired) electrons. The zero-order chi connectivity index (χ0) is 18.8. The average Bonchev–Trinajstić information content (AvgIpc) is 3.28. The number of thiocarbonyl (C=S) groups is 1. The molecule has 0 bridgehead atoms. The lowest BCUT2D eigenvalue weighted by molar-refractivity contribution is 0.309. The second kappa shape index (κ2) is 7.82. The Bertz CT molecular complexity index is 940. The van der Waals surface area contributed by atoms with E-state index in [0.717, 1.165) is 33.9 Å². The fourth-order valence-electron chi connectivity index (χ4n) is 3.70. The molecule has 0 aliphatic carbocycles. The van der Waals surface area contributed by atoms with Crippen molar-refractivity contribution in [3.63, 3.8) is 0 Å². The van der Waals surface area contributed by atoms with Gasteiger partial charge in [-0.05, 0) is 61.1 Å². The zero-order valence-corrected chi connectivity index (χ0v) is 17.5. The van der Waals surface area contributed by atoms with Gasteiger partial charge in [0.1, 0.15) is 0 Å². The van der Waals surface area contributed by atoms with E-state index in [4.69, 9.17) is 12.2 Å². The summed E-state index contributed by atoms with van der Waals surface area (Å²) in [4.78, 5) is 6.89. The molecule has 4 nitrogen and oxygen atoms in total. The molecule has 1 saturated heterocycles. The molecule has 1 aromatic carbocycles. The highest BCUT2D eigenvalue weighted by atomic mass is 79.9. The van der Waals surface area contributed by atoms with Crippen LogP contribution < -0.4 is 5.32 Å². The maximum atomic E-state index is 5.69. The highest BCUT2D eigenvalue weighted by Crippen LogP contribution is 2.39. The van der Waals surface area contributed by atoms with Crippen LogP contribution in [0.5, 0.6) is 0 Å². The lowest BCUT2D eigenvalue weighted by Gasteiger charge is -2.28.